The van der Waals surface area contributed by atoms with Crippen molar-refractivity contribution in [2.24, 2.45) is 0 Å². The standard InChI is InChI=1S/C19H20N4O2/c1-3-23-12-17(16-9-4-5-10-18(16)23)22-19(25)21-15-8-6-7-14(11-15)20-13(2)24/h4-12H,3H2,1-2H3,(H,20,24)(H2,21,22,25). The maximum Gasteiger partial charge on any atom is 0.323 e. The van der Waals surface area contributed by atoms with Crippen LogP contribution in [0.3, 0.4) is 0 Å². The monoisotopic (exact) mass is 336 g/mol. The molecule has 1 heterocycles. The number of benzene rings is 2. The van der Waals surface area contributed by atoms with Crippen LogP contribution in [-0.2, 0) is 11.3 Å². The summed E-state index contributed by atoms with van der Waals surface area (Å²) < 4.78 is 2.09. The Morgan fingerprint density at radius 1 is 0.960 bits per heavy atom. The lowest BCUT2D eigenvalue weighted by Gasteiger charge is -2.09. The molecule has 0 aliphatic heterocycles. The van der Waals surface area contributed by atoms with Gasteiger partial charge < -0.3 is 20.5 Å². The van der Waals surface area contributed by atoms with Crippen molar-refractivity contribution in [3.63, 3.8) is 0 Å². The highest BCUT2D eigenvalue weighted by molar-refractivity contribution is 6.06. The van der Waals surface area contributed by atoms with Crippen LogP contribution < -0.4 is 16.0 Å². The van der Waals surface area contributed by atoms with Crippen molar-refractivity contribution in [1.82, 2.24) is 4.57 Å². The molecule has 128 valence electrons. The van der Waals surface area contributed by atoms with E-state index in [0.29, 0.717) is 11.4 Å². The number of para-hydroxylation sites is 1. The van der Waals surface area contributed by atoms with Gasteiger partial charge in [0, 0.05) is 36.4 Å². The normalized spacial score (nSPS) is 10.5. The van der Waals surface area contributed by atoms with Crippen molar-refractivity contribution in [2.45, 2.75) is 20.4 Å². The highest BCUT2D eigenvalue weighted by Crippen LogP contribution is 2.26. The molecule has 0 aliphatic carbocycles. The highest BCUT2D eigenvalue weighted by Gasteiger charge is 2.10. The number of aromatic nitrogens is 1. The zero-order valence-corrected chi connectivity index (χ0v) is 14.2. The number of rotatable bonds is 4. The molecule has 3 aromatic rings. The fourth-order valence-electron chi connectivity index (χ4n) is 2.77. The molecule has 0 atom stereocenters. The van der Waals surface area contributed by atoms with Crippen molar-refractivity contribution in [1.29, 1.82) is 0 Å². The van der Waals surface area contributed by atoms with Gasteiger partial charge in [0.2, 0.25) is 5.91 Å². The smallest absolute Gasteiger partial charge is 0.323 e. The van der Waals surface area contributed by atoms with Crippen molar-refractivity contribution < 1.29 is 9.59 Å². The summed E-state index contributed by atoms with van der Waals surface area (Å²) in [5.41, 5.74) is 3.07. The first kappa shape index (κ1) is 16.6. The average molecular weight is 336 g/mol. The lowest BCUT2D eigenvalue weighted by molar-refractivity contribution is -0.114. The number of nitrogens with zero attached hydrogens (tertiary/aromatic N) is 1. The number of carbonyl (C=O) groups is 2. The Kier molecular flexibility index (Phi) is 4.70. The van der Waals surface area contributed by atoms with Crippen LogP contribution in [-0.4, -0.2) is 16.5 Å². The molecule has 0 unspecified atom stereocenters. The Labute approximate surface area is 145 Å². The third-order valence-electron chi connectivity index (χ3n) is 3.82. The lowest BCUT2D eigenvalue weighted by Crippen LogP contribution is -2.19. The maximum absolute atomic E-state index is 12.3. The maximum atomic E-state index is 12.3. The fraction of sp³-hybridized carbons (Fsp3) is 0.158. The van der Waals surface area contributed by atoms with Crippen LogP contribution in [0.1, 0.15) is 13.8 Å². The van der Waals surface area contributed by atoms with Crippen molar-refractivity contribution in [3.05, 3.63) is 54.7 Å². The van der Waals surface area contributed by atoms with E-state index >= 15 is 0 Å². The molecule has 6 nitrogen and oxygen atoms in total. The van der Waals surface area contributed by atoms with Gasteiger partial charge in [-0.05, 0) is 31.2 Å². The zero-order valence-electron chi connectivity index (χ0n) is 14.2. The van der Waals surface area contributed by atoms with Gasteiger partial charge in [0.05, 0.1) is 11.2 Å². The van der Waals surface area contributed by atoms with E-state index in [2.05, 4.69) is 27.4 Å². The SMILES string of the molecule is CCn1cc(NC(=O)Nc2cccc(NC(C)=O)c2)c2ccccc21. The van der Waals surface area contributed by atoms with E-state index in [0.717, 1.165) is 23.1 Å². The number of aryl methyl sites for hydroxylation is 1. The second kappa shape index (κ2) is 7.09. The Balaban J connectivity index is 1.76. The first-order chi connectivity index (χ1) is 12.1. The Bertz CT molecular complexity index is 930. The van der Waals surface area contributed by atoms with E-state index in [1.165, 1.54) is 6.92 Å². The molecule has 0 fully saturated rings. The Hall–Kier alpha value is -3.28. The molecule has 3 N–H and O–H groups in total. The van der Waals surface area contributed by atoms with E-state index in [4.69, 9.17) is 0 Å². The molecular weight excluding hydrogens is 316 g/mol. The molecule has 0 spiro atoms. The summed E-state index contributed by atoms with van der Waals surface area (Å²) in [6, 6.07) is 14.6. The van der Waals surface area contributed by atoms with E-state index in [9.17, 15) is 9.59 Å². The summed E-state index contributed by atoms with van der Waals surface area (Å²) in [5, 5.41) is 9.36. The molecule has 25 heavy (non-hydrogen) atoms. The van der Waals surface area contributed by atoms with E-state index in [1.54, 1.807) is 24.3 Å². The largest absolute Gasteiger partial charge is 0.346 e. The van der Waals surface area contributed by atoms with Gasteiger partial charge in [0.15, 0.2) is 0 Å². The molecule has 0 radical (unpaired) electrons. The van der Waals surface area contributed by atoms with E-state index in [1.807, 2.05) is 30.5 Å². The number of fused-ring (bicyclic) bond motifs is 1. The van der Waals surface area contributed by atoms with Crippen LogP contribution in [0.15, 0.2) is 54.7 Å². The summed E-state index contributed by atoms with van der Waals surface area (Å²) in [7, 11) is 0. The van der Waals surface area contributed by atoms with Crippen LogP contribution in [0.25, 0.3) is 10.9 Å². The van der Waals surface area contributed by atoms with Crippen molar-refractivity contribution >= 4 is 39.9 Å². The van der Waals surface area contributed by atoms with Crippen LogP contribution in [0.5, 0.6) is 0 Å². The molecule has 0 saturated heterocycles. The quantitative estimate of drug-likeness (QED) is 0.666. The molecule has 2 aromatic carbocycles. The minimum Gasteiger partial charge on any atom is -0.346 e. The van der Waals surface area contributed by atoms with Gasteiger partial charge >= 0.3 is 6.03 Å². The zero-order chi connectivity index (χ0) is 17.8. The number of carbonyl (C=O) groups excluding carboxylic acids is 2. The topological polar surface area (TPSA) is 75.2 Å². The van der Waals surface area contributed by atoms with Gasteiger partial charge in [-0.25, -0.2) is 4.79 Å². The van der Waals surface area contributed by atoms with Gasteiger partial charge in [-0.15, -0.1) is 0 Å². The Morgan fingerprint density at radius 2 is 1.68 bits per heavy atom. The molecule has 3 rings (SSSR count). The highest BCUT2D eigenvalue weighted by atomic mass is 16.2. The van der Waals surface area contributed by atoms with E-state index in [-0.39, 0.29) is 11.9 Å². The minimum absolute atomic E-state index is 0.158. The first-order valence-corrected chi connectivity index (χ1v) is 8.10. The molecule has 6 heteroatoms. The summed E-state index contributed by atoms with van der Waals surface area (Å²) in [6.45, 7) is 4.32. The van der Waals surface area contributed by atoms with Gasteiger partial charge in [0.25, 0.3) is 0 Å². The third-order valence-corrected chi connectivity index (χ3v) is 3.82. The van der Waals surface area contributed by atoms with Crippen LogP contribution in [0, 0.1) is 0 Å². The Morgan fingerprint density at radius 3 is 2.40 bits per heavy atom. The van der Waals surface area contributed by atoms with Gasteiger partial charge in [-0.1, -0.05) is 24.3 Å². The average Bonchev–Trinajstić information content (AvgIpc) is 2.92. The van der Waals surface area contributed by atoms with Crippen molar-refractivity contribution in [2.75, 3.05) is 16.0 Å². The van der Waals surface area contributed by atoms with E-state index < -0.39 is 0 Å². The summed E-state index contributed by atoms with van der Waals surface area (Å²) >= 11 is 0. The second-order valence-corrected chi connectivity index (χ2v) is 5.69. The minimum atomic E-state index is -0.334. The molecule has 0 bridgehead atoms. The number of nitrogens with one attached hydrogen (secondary N) is 3. The number of amides is 3. The molecule has 1 aromatic heterocycles. The molecule has 0 aliphatic rings. The van der Waals surface area contributed by atoms with Gasteiger partial charge in [-0.2, -0.15) is 0 Å². The molecule has 3 amide bonds. The van der Waals surface area contributed by atoms with Crippen LogP contribution in [0.2, 0.25) is 0 Å². The predicted molar refractivity (Wildman–Crippen MR) is 101 cm³/mol. The summed E-state index contributed by atoms with van der Waals surface area (Å²) in [4.78, 5) is 23.5. The number of urea groups is 1. The summed E-state index contributed by atoms with van der Waals surface area (Å²) in [5.74, 6) is -0.158. The lowest BCUT2D eigenvalue weighted by atomic mass is 10.2. The summed E-state index contributed by atoms with van der Waals surface area (Å²) in [6.07, 6.45) is 1.93. The number of hydrogen-bond donors (Lipinski definition) is 3. The number of anilines is 3. The third kappa shape index (κ3) is 3.80. The van der Waals surface area contributed by atoms with Crippen LogP contribution in [0.4, 0.5) is 21.9 Å². The van der Waals surface area contributed by atoms with Crippen molar-refractivity contribution in [3.8, 4) is 0 Å². The number of hydrogen-bond acceptors (Lipinski definition) is 2. The van der Waals surface area contributed by atoms with Crippen LogP contribution >= 0.6 is 0 Å². The fourth-order valence-corrected chi connectivity index (χ4v) is 2.77. The first-order valence-electron chi connectivity index (χ1n) is 8.10. The molecule has 0 saturated carbocycles. The van der Waals surface area contributed by atoms with Gasteiger partial charge in [-0.3, -0.25) is 4.79 Å². The predicted octanol–water partition coefficient (Wildman–Crippen LogP) is 4.26. The molecular formula is C19H20N4O2. The second-order valence-electron chi connectivity index (χ2n) is 5.69. The van der Waals surface area contributed by atoms with Gasteiger partial charge in [0.1, 0.15) is 0 Å².